The fourth-order valence-electron chi connectivity index (χ4n) is 2.12. The van der Waals surface area contributed by atoms with Gasteiger partial charge in [0.05, 0.1) is 0 Å². The van der Waals surface area contributed by atoms with Crippen molar-refractivity contribution in [3.05, 3.63) is 0 Å². The summed E-state index contributed by atoms with van der Waals surface area (Å²) in [5.41, 5.74) is 0. The largest absolute Gasteiger partial charge is 0.314 e. The first-order chi connectivity index (χ1) is 5.38. The second-order valence-electron chi connectivity index (χ2n) is 3.88. The van der Waals surface area contributed by atoms with Crippen molar-refractivity contribution < 1.29 is 0 Å². The van der Waals surface area contributed by atoms with Crippen LogP contribution in [0.3, 0.4) is 0 Å². The van der Waals surface area contributed by atoms with Crippen molar-refractivity contribution in [3.8, 4) is 0 Å². The van der Waals surface area contributed by atoms with Gasteiger partial charge in [-0.1, -0.05) is 13.8 Å². The molecule has 0 aromatic carbocycles. The predicted molar refractivity (Wildman–Crippen MR) is 53.4 cm³/mol. The third kappa shape index (κ3) is 1.80. The van der Waals surface area contributed by atoms with Crippen molar-refractivity contribution in [2.45, 2.75) is 45.7 Å². The van der Waals surface area contributed by atoms with Crippen LogP contribution in [-0.4, -0.2) is 36.6 Å². The zero-order valence-corrected chi connectivity index (χ0v) is 7.34. The van der Waals surface area contributed by atoms with Crippen LogP contribution in [-0.2, 0) is 0 Å². The Hall–Kier alpha value is -0.0800. The molecule has 0 aromatic rings. The monoisotopic (exact) mass is 170 g/mol. The molecular weight excluding hydrogens is 148 g/mol. The van der Waals surface area contributed by atoms with E-state index >= 15 is 0 Å². The minimum absolute atomic E-state index is 0. The van der Waals surface area contributed by atoms with E-state index in [4.69, 9.17) is 0 Å². The van der Waals surface area contributed by atoms with E-state index in [9.17, 15) is 0 Å². The second kappa shape index (κ2) is 4.24. The zero-order valence-electron chi connectivity index (χ0n) is 7.34. The van der Waals surface area contributed by atoms with Crippen LogP contribution in [0.25, 0.3) is 0 Å². The normalized spacial score (nSPS) is 32.2. The molecule has 12 heavy (non-hydrogen) atoms. The van der Waals surface area contributed by atoms with E-state index in [2.05, 4.69) is 17.1 Å². The average molecular weight is 170 g/mol. The molecule has 2 rings (SSSR count). The van der Waals surface area contributed by atoms with Gasteiger partial charge in [-0.05, 0) is 19.8 Å². The van der Waals surface area contributed by atoms with Crippen LogP contribution in [0, 0.1) is 0 Å². The van der Waals surface area contributed by atoms with Gasteiger partial charge in [-0.15, -0.1) is 0 Å². The third-order valence-electron chi connectivity index (χ3n) is 3.10. The molecule has 1 aliphatic heterocycles. The molecule has 2 fully saturated rings. The first-order valence-corrected chi connectivity index (χ1v) is 4.84. The Morgan fingerprint density at radius 2 is 2.08 bits per heavy atom. The minimum atomic E-state index is 0. The summed E-state index contributed by atoms with van der Waals surface area (Å²) in [6, 6.07) is 1.71. The maximum Gasteiger partial charge on any atom is 0.0195 e. The molecule has 1 saturated heterocycles. The SMILES string of the molecule is C.C[C@H]1CNCCN1C1CCC1. The van der Waals surface area contributed by atoms with E-state index in [1.54, 1.807) is 0 Å². The van der Waals surface area contributed by atoms with Crippen LogP contribution < -0.4 is 5.32 Å². The van der Waals surface area contributed by atoms with Crippen LogP contribution >= 0.6 is 0 Å². The van der Waals surface area contributed by atoms with Crippen LogP contribution in [0.2, 0.25) is 0 Å². The molecule has 72 valence electrons. The number of nitrogens with zero attached hydrogens (tertiary/aromatic N) is 1. The molecule has 1 N–H and O–H groups in total. The van der Waals surface area contributed by atoms with E-state index in [1.807, 2.05) is 0 Å². The fourth-order valence-corrected chi connectivity index (χ4v) is 2.12. The number of piperazine rings is 1. The van der Waals surface area contributed by atoms with Crippen molar-refractivity contribution in [3.63, 3.8) is 0 Å². The van der Waals surface area contributed by atoms with Gasteiger partial charge in [0, 0.05) is 31.7 Å². The van der Waals surface area contributed by atoms with Crippen LogP contribution in [0.1, 0.15) is 33.6 Å². The second-order valence-corrected chi connectivity index (χ2v) is 3.88. The number of nitrogens with one attached hydrogen (secondary N) is 1. The third-order valence-corrected chi connectivity index (χ3v) is 3.10. The highest BCUT2D eigenvalue weighted by Crippen LogP contribution is 2.26. The molecule has 2 nitrogen and oxygen atoms in total. The summed E-state index contributed by atoms with van der Waals surface area (Å²) in [6.45, 7) is 5.99. The van der Waals surface area contributed by atoms with Gasteiger partial charge in [-0.25, -0.2) is 0 Å². The van der Waals surface area contributed by atoms with Crippen LogP contribution in [0.5, 0.6) is 0 Å². The lowest BCUT2D eigenvalue weighted by Gasteiger charge is -2.44. The Morgan fingerprint density at radius 3 is 2.58 bits per heavy atom. The first-order valence-electron chi connectivity index (χ1n) is 4.84. The van der Waals surface area contributed by atoms with Crippen molar-refractivity contribution in [2.75, 3.05) is 19.6 Å². The molecule has 1 atom stereocenters. The van der Waals surface area contributed by atoms with Crippen molar-refractivity contribution in [2.24, 2.45) is 0 Å². The Kier molecular flexibility index (Phi) is 3.53. The number of hydrogen-bond acceptors (Lipinski definition) is 2. The summed E-state index contributed by atoms with van der Waals surface area (Å²) in [5, 5.41) is 3.43. The van der Waals surface area contributed by atoms with Crippen molar-refractivity contribution >= 4 is 0 Å². The summed E-state index contributed by atoms with van der Waals surface area (Å²) in [6.07, 6.45) is 4.36. The molecule has 0 spiro atoms. The van der Waals surface area contributed by atoms with Gasteiger partial charge in [0.15, 0.2) is 0 Å². The number of rotatable bonds is 1. The molecule has 0 bridgehead atoms. The Balaban J connectivity index is 0.000000720. The molecule has 2 heteroatoms. The molecule has 1 saturated carbocycles. The van der Waals surface area contributed by atoms with Crippen molar-refractivity contribution in [1.29, 1.82) is 0 Å². The lowest BCUT2D eigenvalue weighted by molar-refractivity contribution is 0.0690. The maximum atomic E-state index is 3.43. The summed E-state index contributed by atoms with van der Waals surface area (Å²) in [7, 11) is 0. The van der Waals surface area contributed by atoms with E-state index < -0.39 is 0 Å². The van der Waals surface area contributed by atoms with Crippen LogP contribution in [0.15, 0.2) is 0 Å². The van der Waals surface area contributed by atoms with E-state index in [0.717, 1.165) is 12.1 Å². The maximum absolute atomic E-state index is 3.43. The van der Waals surface area contributed by atoms with Crippen LogP contribution in [0.4, 0.5) is 0 Å². The Bertz CT molecular complexity index is 130. The summed E-state index contributed by atoms with van der Waals surface area (Å²) in [4.78, 5) is 2.68. The molecule has 1 heterocycles. The average Bonchev–Trinajstić information content (AvgIpc) is 1.90. The Morgan fingerprint density at radius 1 is 1.33 bits per heavy atom. The molecule has 2 aliphatic rings. The molecular formula is C10H22N2. The minimum Gasteiger partial charge on any atom is -0.314 e. The summed E-state index contributed by atoms with van der Waals surface area (Å²) >= 11 is 0. The quantitative estimate of drug-likeness (QED) is 0.641. The van der Waals surface area contributed by atoms with E-state index in [1.165, 1.54) is 38.9 Å². The summed E-state index contributed by atoms with van der Waals surface area (Å²) < 4.78 is 0. The smallest absolute Gasteiger partial charge is 0.0195 e. The lowest BCUT2D eigenvalue weighted by atomic mass is 9.90. The molecule has 0 radical (unpaired) electrons. The molecule has 0 unspecified atom stereocenters. The lowest BCUT2D eigenvalue weighted by Crippen LogP contribution is -2.55. The predicted octanol–water partition coefficient (Wildman–Crippen LogP) is 1.47. The number of hydrogen-bond donors (Lipinski definition) is 1. The zero-order chi connectivity index (χ0) is 7.68. The van der Waals surface area contributed by atoms with Gasteiger partial charge in [-0.2, -0.15) is 0 Å². The van der Waals surface area contributed by atoms with Gasteiger partial charge in [0.2, 0.25) is 0 Å². The first kappa shape index (κ1) is 10.0. The highest BCUT2D eigenvalue weighted by Gasteiger charge is 2.29. The summed E-state index contributed by atoms with van der Waals surface area (Å²) in [5.74, 6) is 0. The standard InChI is InChI=1S/C9H18N2.CH4/c1-8-7-10-5-6-11(8)9-3-2-4-9;/h8-10H,2-7H2,1H3;1H4/t8-;/m0./s1. The fraction of sp³-hybridized carbons (Fsp3) is 1.00. The van der Waals surface area contributed by atoms with Crippen molar-refractivity contribution in [1.82, 2.24) is 10.2 Å². The van der Waals surface area contributed by atoms with Gasteiger partial charge >= 0.3 is 0 Å². The molecule has 1 aliphatic carbocycles. The van der Waals surface area contributed by atoms with Gasteiger partial charge in [0.1, 0.15) is 0 Å². The Labute approximate surface area is 76.3 Å². The highest BCUT2D eigenvalue weighted by atomic mass is 15.2. The van der Waals surface area contributed by atoms with E-state index in [0.29, 0.717) is 0 Å². The van der Waals surface area contributed by atoms with Gasteiger partial charge in [-0.3, -0.25) is 4.90 Å². The molecule has 0 aromatic heterocycles. The van der Waals surface area contributed by atoms with E-state index in [-0.39, 0.29) is 7.43 Å². The molecule has 0 amide bonds. The van der Waals surface area contributed by atoms with Gasteiger partial charge in [0.25, 0.3) is 0 Å². The highest BCUT2D eigenvalue weighted by molar-refractivity contribution is 4.86. The van der Waals surface area contributed by atoms with Gasteiger partial charge < -0.3 is 5.32 Å². The topological polar surface area (TPSA) is 15.3 Å².